The van der Waals surface area contributed by atoms with Crippen molar-refractivity contribution in [1.29, 1.82) is 5.26 Å². The van der Waals surface area contributed by atoms with Crippen molar-refractivity contribution in [3.63, 3.8) is 0 Å². The van der Waals surface area contributed by atoms with E-state index in [0.717, 1.165) is 6.54 Å². The molecule has 0 aliphatic heterocycles. The molecule has 0 saturated heterocycles. The minimum atomic E-state index is -0.289. The van der Waals surface area contributed by atoms with Gasteiger partial charge in [0, 0.05) is 18.3 Å². The molecule has 0 fully saturated rings. The lowest BCUT2D eigenvalue weighted by atomic mass is 10.2. The second-order valence-electron chi connectivity index (χ2n) is 4.22. The number of nitriles is 1. The average molecular weight is 301 g/mol. The van der Waals surface area contributed by atoms with Gasteiger partial charge in [-0.15, -0.1) is 0 Å². The number of hydrogen-bond donors (Lipinski definition) is 2. The highest BCUT2D eigenvalue weighted by atomic mass is 35.5. The fourth-order valence-electron chi connectivity index (χ4n) is 1.73. The first kappa shape index (κ1) is 14.8. The zero-order chi connectivity index (χ0) is 15.2. The molecule has 21 heavy (non-hydrogen) atoms. The van der Waals surface area contributed by atoms with Crippen LogP contribution in [0.2, 0.25) is 5.02 Å². The molecule has 0 spiro atoms. The molecule has 0 radical (unpaired) electrons. The maximum atomic E-state index is 12.2. The number of benzene rings is 1. The molecule has 2 rings (SSSR count). The second-order valence-corrected chi connectivity index (χ2v) is 4.63. The van der Waals surface area contributed by atoms with Gasteiger partial charge in [0.1, 0.15) is 5.82 Å². The lowest BCUT2D eigenvalue weighted by molar-refractivity contribution is 0.102. The van der Waals surface area contributed by atoms with Gasteiger partial charge in [0.25, 0.3) is 5.91 Å². The standard InChI is InChI=1S/C15H13ClN4O/c1-2-18-14-8-11(5-6-19-14)15(21)20-13-4-3-10(9-17)7-12(13)16/h3-8H,2H2,1H3,(H,18,19)(H,20,21). The van der Waals surface area contributed by atoms with Crippen molar-refractivity contribution < 1.29 is 4.79 Å². The topological polar surface area (TPSA) is 77.8 Å². The summed E-state index contributed by atoms with van der Waals surface area (Å²) < 4.78 is 0. The Hall–Kier alpha value is -2.58. The summed E-state index contributed by atoms with van der Waals surface area (Å²) in [5.74, 6) is 0.347. The molecule has 0 aliphatic rings. The summed E-state index contributed by atoms with van der Waals surface area (Å²) in [6, 6.07) is 9.98. The Morgan fingerprint density at radius 3 is 2.86 bits per heavy atom. The number of nitrogens with one attached hydrogen (secondary N) is 2. The Kier molecular flexibility index (Phi) is 4.75. The molecule has 0 bridgehead atoms. The van der Waals surface area contributed by atoms with E-state index in [1.807, 2.05) is 13.0 Å². The largest absolute Gasteiger partial charge is 0.370 e. The van der Waals surface area contributed by atoms with Crippen LogP contribution in [0.1, 0.15) is 22.8 Å². The summed E-state index contributed by atoms with van der Waals surface area (Å²) in [6.45, 7) is 2.67. The Bertz CT molecular complexity index is 709. The molecule has 1 heterocycles. The maximum absolute atomic E-state index is 12.2. The predicted octanol–water partition coefficient (Wildman–Crippen LogP) is 3.29. The zero-order valence-electron chi connectivity index (χ0n) is 11.4. The molecule has 0 unspecified atom stereocenters. The first-order chi connectivity index (χ1) is 10.1. The normalized spacial score (nSPS) is 9.76. The number of carbonyl (C=O) groups is 1. The number of aromatic nitrogens is 1. The van der Waals surface area contributed by atoms with Crippen LogP contribution >= 0.6 is 11.6 Å². The van der Waals surface area contributed by atoms with Crippen LogP contribution in [0.15, 0.2) is 36.5 Å². The Labute approximate surface area is 127 Å². The summed E-state index contributed by atoms with van der Waals surface area (Å²) in [5, 5.41) is 14.9. The van der Waals surface area contributed by atoms with E-state index < -0.39 is 0 Å². The van der Waals surface area contributed by atoms with E-state index in [4.69, 9.17) is 16.9 Å². The number of amides is 1. The van der Waals surface area contributed by atoms with Crippen LogP contribution < -0.4 is 10.6 Å². The van der Waals surface area contributed by atoms with Gasteiger partial charge < -0.3 is 10.6 Å². The first-order valence-corrected chi connectivity index (χ1v) is 6.72. The summed E-state index contributed by atoms with van der Waals surface area (Å²) in [7, 11) is 0. The van der Waals surface area contributed by atoms with Gasteiger partial charge in [-0.05, 0) is 37.3 Å². The molecular weight excluding hydrogens is 288 g/mol. The molecule has 1 amide bonds. The van der Waals surface area contributed by atoms with Crippen molar-refractivity contribution in [1.82, 2.24) is 4.98 Å². The van der Waals surface area contributed by atoms with Crippen LogP contribution in [-0.4, -0.2) is 17.4 Å². The van der Waals surface area contributed by atoms with E-state index in [-0.39, 0.29) is 5.91 Å². The number of carbonyl (C=O) groups excluding carboxylic acids is 1. The fraction of sp³-hybridized carbons (Fsp3) is 0.133. The molecule has 0 atom stereocenters. The zero-order valence-corrected chi connectivity index (χ0v) is 12.1. The van der Waals surface area contributed by atoms with E-state index in [1.54, 1.807) is 30.5 Å². The SMILES string of the molecule is CCNc1cc(C(=O)Nc2ccc(C#N)cc2Cl)ccn1. The Morgan fingerprint density at radius 1 is 1.38 bits per heavy atom. The lowest BCUT2D eigenvalue weighted by Crippen LogP contribution is -2.13. The highest BCUT2D eigenvalue weighted by molar-refractivity contribution is 6.34. The average Bonchev–Trinajstić information content (AvgIpc) is 2.50. The maximum Gasteiger partial charge on any atom is 0.255 e. The third kappa shape index (κ3) is 3.71. The van der Waals surface area contributed by atoms with Crippen molar-refractivity contribution in [3.05, 3.63) is 52.7 Å². The third-order valence-corrected chi connectivity index (χ3v) is 3.04. The van der Waals surface area contributed by atoms with Crippen LogP contribution in [0.5, 0.6) is 0 Å². The molecule has 2 aromatic rings. The number of nitrogens with zero attached hydrogens (tertiary/aromatic N) is 2. The number of pyridine rings is 1. The molecule has 2 N–H and O–H groups in total. The third-order valence-electron chi connectivity index (χ3n) is 2.73. The molecular formula is C15H13ClN4O. The van der Waals surface area contributed by atoms with Gasteiger partial charge in [0.15, 0.2) is 0 Å². The van der Waals surface area contributed by atoms with Crippen LogP contribution in [0.25, 0.3) is 0 Å². The molecule has 106 valence electrons. The minimum absolute atomic E-state index is 0.289. The summed E-state index contributed by atoms with van der Waals surface area (Å²) in [5.41, 5.74) is 1.38. The lowest BCUT2D eigenvalue weighted by Gasteiger charge is -2.08. The van der Waals surface area contributed by atoms with Gasteiger partial charge in [-0.25, -0.2) is 4.98 Å². The molecule has 1 aromatic carbocycles. The Morgan fingerprint density at radius 2 is 2.19 bits per heavy atom. The molecule has 5 nitrogen and oxygen atoms in total. The number of anilines is 2. The van der Waals surface area contributed by atoms with E-state index in [1.165, 1.54) is 6.07 Å². The van der Waals surface area contributed by atoms with Crippen LogP contribution in [-0.2, 0) is 0 Å². The van der Waals surface area contributed by atoms with Crippen LogP contribution in [0.4, 0.5) is 11.5 Å². The highest BCUT2D eigenvalue weighted by Crippen LogP contribution is 2.23. The smallest absolute Gasteiger partial charge is 0.255 e. The first-order valence-electron chi connectivity index (χ1n) is 6.35. The van der Waals surface area contributed by atoms with Gasteiger partial charge in [0.05, 0.1) is 22.3 Å². The van der Waals surface area contributed by atoms with Gasteiger partial charge in [-0.2, -0.15) is 5.26 Å². The van der Waals surface area contributed by atoms with Gasteiger partial charge in [0.2, 0.25) is 0 Å². The van der Waals surface area contributed by atoms with Crippen LogP contribution in [0, 0.1) is 11.3 Å². The van der Waals surface area contributed by atoms with E-state index >= 15 is 0 Å². The summed E-state index contributed by atoms with van der Waals surface area (Å²) >= 11 is 6.03. The van der Waals surface area contributed by atoms with Gasteiger partial charge in [-0.1, -0.05) is 11.6 Å². The monoisotopic (exact) mass is 300 g/mol. The number of halogens is 1. The molecule has 0 saturated carbocycles. The molecule has 1 aromatic heterocycles. The Balaban J connectivity index is 2.18. The van der Waals surface area contributed by atoms with Crippen molar-refractivity contribution in [2.45, 2.75) is 6.92 Å². The summed E-state index contributed by atoms with van der Waals surface area (Å²) in [4.78, 5) is 16.3. The molecule has 6 heteroatoms. The fourth-order valence-corrected chi connectivity index (χ4v) is 1.96. The van der Waals surface area contributed by atoms with Crippen molar-refractivity contribution >= 4 is 29.0 Å². The van der Waals surface area contributed by atoms with Crippen LogP contribution in [0.3, 0.4) is 0 Å². The summed E-state index contributed by atoms with van der Waals surface area (Å²) in [6.07, 6.45) is 1.56. The van der Waals surface area contributed by atoms with Gasteiger partial charge in [-0.3, -0.25) is 4.79 Å². The van der Waals surface area contributed by atoms with E-state index in [9.17, 15) is 4.79 Å². The number of hydrogen-bond acceptors (Lipinski definition) is 4. The van der Waals surface area contributed by atoms with E-state index in [0.29, 0.717) is 27.7 Å². The predicted molar refractivity (Wildman–Crippen MR) is 82.5 cm³/mol. The van der Waals surface area contributed by atoms with Crippen molar-refractivity contribution in [2.75, 3.05) is 17.2 Å². The van der Waals surface area contributed by atoms with Crippen molar-refractivity contribution in [2.24, 2.45) is 0 Å². The second kappa shape index (κ2) is 6.73. The highest BCUT2D eigenvalue weighted by Gasteiger charge is 2.10. The minimum Gasteiger partial charge on any atom is -0.370 e. The quantitative estimate of drug-likeness (QED) is 0.908. The van der Waals surface area contributed by atoms with E-state index in [2.05, 4.69) is 15.6 Å². The molecule has 0 aliphatic carbocycles. The van der Waals surface area contributed by atoms with Gasteiger partial charge >= 0.3 is 0 Å². The van der Waals surface area contributed by atoms with Crippen molar-refractivity contribution in [3.8, 4) is 6.07 Å². The number of rotatable bonds is 4.